The lowest BCUT2D eigenvalue weighted by molar-refractivity contribution is -0.141. The smallest absolute Gasteiger partial charge is 0.433 e. The Morgan fingerprint density at radius 3 is 2.63 bits per heavy atom. The van der Waals surface area contributed by atoms with Crippen molar-refractivity contribution in [3.63, 3.8) is 0 Å². The summed E-state index contributed by atoms with van der Waals surface area (Å²) < 4.78 is 43.2. The first-order valence-electron chi connectivity index (χ1n) is 8.14. The molecule has 0 aliphatic carbocycles. The second-order valence-electron chi connectivity index (χ2n) is 5.35. The van der Waals surface area contributed by atoms with E-state index in [9.17, 15) is 13.2 Å². The number of halogens is 3. The summed E-state index contributed by atoms with van der Waals surface area (Å²) in [5.41, 5.74) is -0.0133. The summed E-state index contributed by atoms with van der Waals surface area (Å²) in [4.78, 5) is 11.3. The average Bonchev–Trinajstić information content (AvgIpc) is 2.67. The second kappa shape index (κ2) is 9.60. The van der Waals surface area contributed by atoms with Crippen LogP contribution in [-0.4, -0.2) is 43.2 Å². The molecule has 7 nitrogen and oxygen atoms in total. The van der Waals surface area contributed by atoms with Crippen LogP contribution < -0.4 is 20.7 Å². The van der Waals surface area contributed by atoms with E-state index >= 15 is 0 Å². The molecule has 0 bridgehead atoms. The first kappa shape index (κ1) is 20.3. The summed E-state index contributed by atoms with van der Waals surface area (Å²) >= 11 is 0. The number of aliphatic imine (C=N–C) groups is 1. The predicted octanol–water partition coefficient (Wildman–Crippen LogP) is 2.28. The van der Waals surface area contributed by atoms with Gasteiger partial charge in [-0.15, -0.1) is 0 Å². The summed E-state index contributed by atoms with van der Waals surface area (Å²) in [6, 6.07) is 8.43. The third-order valence-electron chi connectivity index (χ3n) is 3.51. The van der Waals surface area contributed by atoms with Crippen LogP contribution in [0.2, 0.25) is 0 Å². The zero-order valence-electron chi connectivity index (χ0n) is 15.0. The Kier molecular flexibility index (Phi) is 7.21. The highest BCUT2D eigenvalue weighted by Gasteiger charge is 2.32. The quantitative estimate of drug-likeness (QED) is 0.387. The van der Waals surface area contributed by atoms with Gasteiger partial charge in [0.1, 0.15) is 11.4 Å². The number of ether oxygens (including phenoxy) is 1. The molecule has 1 aromatic carbocycles. The Balaban J connectivity index is 1.78. The number of benzene rings is 1. The molecule has 0 aliphatic rings. The van der Waals surface area contributed by atoms with Gasteiger partial charge in [-0.2, -0.15) is 13.2 Å². The lowest BCUT2D eigenvalue weighted by Gasteiger charge is -2.14. The Labute approximate surface area is 155 Å². The van der Waals surface area contributed by atoms with Crippen molar-refractivity contribution in [3.8, 4) is 5.75 Å². The van der Waals surface area contributed by atoms with Gasteiger partial charge < -0.3 is 20.7 Å². The standard InChI is InChI=1S/C17H21F3N6O/c1-21-15(25-11-12-5-3-4-6-13(12)27-2)23-9-10-24-16-22-8-7-14(26-16)17(18,19)20/h3-8H,9-11H2,1-2H3,(H2,21,23,25)(H,22,24,26). The number of alkyl halides is 3. The van der Waals surface area contributed by atoms with Crippen molar-refractivity contribution >= 4 is 11.9 Å². The van der Waals surface area contributed by atoms with E-state index in [4.69, 9.17) is 4.74 Å². The molecule has 0 atom stereocenters. The van der Waals surface area contributed by atoms with E-state index in [2.05, 4.69) is 30.9 Å². The van der Waals surface area contributed by atoms with Gasteiger partial charge in [-0.05, 0) is 12.1 Å². The zero-order valence-corrected chi connectivity index (χ0v) is 15.0. The van der Waals surface area contributed by atoms with Crippen LogP contribution in [0.25, 0.3) is 0 Å². The van der Waals surface area contributed by atoms with Gasteiger partial charge in [0.15, 0.2) is 5.96 Å². The maximum absolute atomic E-state index is 12.6. The minimum Gasteiger partial charge on any atom is -0.496 e. The molecule has 3 N–H and O–H groups in total. The molecule has 1 aromatic heterocycles. The maximum atomic E-state index is 12.6. The highest BCUT2D eigenvalue weighted by Crippen LogP contribution is 2.27. The number of hydrogen-bond acceptors (Lipinski definition) is 5. The normalized spacial score (nSPS) is 11.8. The molecule has 0 saturated heterocycles. The lowest BCUT2D eigenvalue weighted by Crippen LogP contribution is -2.39. The van der Waals surface area contributed by atoms with Crippen LogP contribution in [-0.2, 0) is 12.7 Å². The zero-order chi connectivity index (χ0) is 19.7. The third-order valence-corrected chi connectivity index (χ3v) is 3.51. The van der Waals surface area contributed by atoms with Crippen molar-refractivity contribution in [1.29, 1.82) is 0 Å². The second-order valence-corrected chi connectivity index (χ2v) is 5.35. The van der Waals surface area contributed by atoms with Gasteiger partial charge in [-0.3, -0.25) is 4.99 Å². The van der Waals surface area contributed by atoms with Crippen LogP contribution in [0.5, 0.6) is 5.75 Å². The molecule has 10 heteroatoms. The monoisotopic (exact) mass is 382 g/mol. The fourth-order valence-corrected chi connectivity index (χ4v) is 2.21. The molecule has 0 saturated carbocycles. The molecular formula is C17H21F3N6O. The van der Waals surface area contributed by atoms with Crippen LogP contribution in [0.3, 0.4) is 0 Å². The van der Waals surface area contributed by atoms with Gasteiger partial charge in [-0.25, -0.2) is 9.97 Å². The average molecular weight is 382 g/mol. The van der Waals surface area contributed by atoms with Crippen LogP contribution >= 0.6 is 0 Å². The topological polar surface area (TPSA) is 83.5 Å². The largest absolute Gasteiger partial charge is 0.496 e. The van der Waals surface area contributed by atoms with E-state index < -0.39 is 11.9 Å². The molecule has 0 fully saturated rings. The summed E-state index contributed by atoms with van der Waals surface area (Å²) in [6.07, 6.45) is -3.43. The molecule has 1 heterocycles. The van der Waals surface area contributed by atoms with Crippen LogP contribution in [0, 0.1) is 0 Å². The van der Waals surface area contributed by atoms with Crippen LogP contribution in [0.15, 0.2) is 41.5 Å². The molecule has 0 amide bonds. The number of methoxy groups -OCH3 is 1. The van der Waals surface area contributed by atoms with E-state index in [1.165, 1.54) is 0 Å². The van der Waals surface area contributed by atoms with Crippen molar-refractivity contribution in [2.24, 2.45) is 4.99 Å². The predicted molar refractivity (Wildman–Crippen MR) is 96.7 cm³/mol. The highest BCUT2D eigenvalue weighted by atomic mass is 19.4. The summed E-state index contributed by atoms with van der Waals surface area (Å²) in [6.45, 7) is 1.23. The van der Waals surface area contributed by atoms with Crippen molar-refractivity contribution in [3.05, 3.63) is 47.8 Å². The number of nitrogens with one attached hydrogen (secondary N) is 3. The molecule has 0 aliphatic heterocycles. The van der Waals surface area contributed by atoms with E-state index in [0.717, 1.165) is 23.6 Å². The Morgan fingerprint density at radius 1 is 1.15 bits per heavy atom. The molecule has 2 aromatic rings. The van der Waals surface area contributed by atoms with E-state index in [-0.39, 0.29) is 5.95 Å². The van der Waals surface area contributed by atoms with E-state index in [1.807, 2.05) is 24.3 Å². The first-order chi connectivity index (χ1) is 12.9. The molecule has 2 rings (SSSR count). The number of para-hydroxylation sites is 1. The maximum Gasteiger partial charge on any atom is 0.433 e. The van der Waals surface area contributed by atoms with Crippen molar-refractivity contribution < 1.29 is 17.9 Å². The van der Waals surface area contributed by atoms with Crippen molar-refractivity contribution in [2.75, 3.05) is 32.6 Å². The minimum absolute atomic E-state index is 0.0800. The van der Waals surface area contributed by atoms with Crippen molar-refractivity contribution in [2.45, 2.75) is 12.7 Å². The third kappa shape index (κ3) is 6.32. The van der Waals surface area contributed by atoms with Crippen molar-refractivity contribution in [1.82, 2.24) is 20.6 Å². The number of nitrogens with zero attached hydrogens (tertiary/aromatic N) is 3. The number of aromatic nitrogens is 2. The SMILES string of the molecule is CN=C(NCCNc1nccc(C(F)(F)F)n1)NCc1ccccc1OC. The summed E-state index contributed by atoms with van der Waals surface area (Å²) in [5, 5.41) is 8.93. The van der Waals surface area contributed by atoms with Gasteiger partial charge >= 0.3 is 6.18 Å². The molecule has 0 radical (unpaired) electrons. The minimum atomic E-state index is -4.50. The molecule has 27 heavy (non-hydrogen) atoms. The van der Waals surface area contributed by atoms with Gasteiger partial charge in [-0.1, -0.05) is 18.2 Å². The molecule has 146 valence electrons. The summed E-state index contributed by atoms with van der Waals surface area (Å²) in [7, 11) is 3.23. The highest BCUT2D eigenvalue weighted by molar-refractivity contribution is 5.79. The molecular weight excluding hydrogens is 361 g/mol. The Bertz CT molecular complexity index is 766. The fraction of sp³-hybridized carbons (Fsp3) is 0.353. The first-order valence-corrected chi connectivity index (χ1v) is 8.14. The number of anilines is 1. The van der Waals surface area contributed by atoms with Gasteiger partial charge in [0.2, 0.25) is 5.95 Å². The fourth-order valence-electron chi connectivity index (χ4n) is 2.21. The summed E-state index contributed by atoms with van der Waals surface area (Å²) in [5.74, 6) is 1.24. The van der Waals surface area contributed by atoms with Gasteiger partial charge in [0, 0.05) is 38.4 Å². The Hall–Kier alpha value is -3.04. The van der Waals surface area contributed by atoms with E-state index in [0.29, 0.717) is 25.6 Å². The van der Waals surface area contributed by atoms with Gasteiger partial charge in [0.25, 0.3) is 0 Å². The number of guanidine groups is 1. The number of hydrogen-bond donors (Lipinski definition) is 3. The van der Waals surface area contributed by atoms with Gasteiger partial charge in [0.05, 0.1) is 7.11 Å². The Morgan fingerprint density at radius 2 is 1.93 bits per heavy atom. The molecule has 0 spiro atoms. The van der Waals surface area contributed by atoms with Crippen LogP contribution in [0.1, 0.15) is 11.3 Å². The van der Waals surface area contributed by atoms with Crippen LogP contribution in [0.4, 0.5) is 19.1 Å². The van der Waals surface area contributed by atoms with E-state index in [1.54, 1.807) is 14.2 Å². The lowest BCUT2D eigenvalue weighted by atomic mass is 10.2. The molecule has 0 unspecified atom stereocenters. The number of rotatable bonds is 7.